The van der Waals surface area contributed by atoms with Gasteiger partial charge in [0.15, 0.2) is 6.61 Å². The zero-order chi connectivity index (χ0) is 17.4. The molecule has 128 valence electrons. The molecule has 0 fully saturated rings. The SMILES string of the molecule is Cc1nnc(COC(=O)c2c3c(nc4ccccc24)CC[C@H](C)C3)o1. The molecule has 0 amide bonds. The summed E-state index contributed by atoms with van der Waals surface area (Å²) in [5, 5.41) is 8.45. The lowest BCUT2D eigenvalue weighted by Gasteiger charge is -2.24. The first-order chi connectivity index (χ1) is 12.1. The number of hydrogen-bond acceptors (Lipinski definition) is 6. The molecule has 1 atom stereocenters. The van der Waals surface area contributed by atoms with Gasteiger partial charge in [0.05, 0.1) is 11.1 Å². The van der Waals surface area contributed by atoms with E-state index >= 15 is 0 Å². The normalized spacial score (nSPS) is 16.6. The molecule has 0 N–H and O–H groups in total. The number of aryl methyl sites for hydroxylation is 2. The Bertz CT molecular complexity index is 948. The third-order valence-electron chi connectivity index (χ3n) is 4.60. The van der Waals surface area contributed by atoms with E-state index in [1.165, 1.54) is 0 Å². The molecule has 0 saturated carbocycles. The maximum Gasteiger partial charge on any atom is 0.339 e. The highest BCUT2D eigenvalue weighted by molar-refractivity contribution is 6.05. The minimum atomic E-state index is -0.361. The molecule has 2 aromatic heterocycles. The number of carbonyl (C=O) groups excluding carboxylic acids is 1. The Balaban J connectivity index is 1.73. The van der Waals surface area contributed by atoms with Crippen LogP contribution in [0.25, 0.3) is 10.9 Å². The Morgan fingerprint density at radius 3 is 2.96 bits per heavy atom. The number of rotatable bonds is 3. The van der Waals surface area contributed by atoms with Gasteiger partial charge in [-0.25, -0.2) is 4.79 Å². The third kappa shape index (κ3) is 2.99. The van der Waals surface area contributed by atoms with Gasteiger partial charge in [-0.3, -0.25) is 4.98 Å². The molecule has 0 unspecified atom stereocenters. The van der Waals surface area contributed by atoms with E-state index in [9.17, 15) is 4.79 Å². The summed E-state index contributed by atoms with van der Waals surface area (Å²) in [4.78, 5) is 17.6. The number of para-hydroxylation sites is 1. The van der Waals surface area contributed by atoms with Crippen molar-refractivity contribution in [3.05, 3.63) is 52.9 Å². The van der Waals surface area contributed by atoms with Crippen molar-refractivity contribution in [2.24, 2.45) is 5.92 Å². The van der Waals surface area contributed by atoms with Crippen molar-refractivity contribution in [3.8, 4) is 0 Å². The van der Waals surface area contributed by atoms with Gasteiger partial charge in [0.2, 0.25) is 5.89 Å². The van der Waals surface area contributed by atoms with Crippen LogP contribution in [0.3, 0.4) is 0 Å². The molecule has 0 aliphatic heterocycles. The monoisotopic (exact) mass is 337 g/mol. The number of carbonyl (C=O) groups is 1. The lowest BCUT2D eigenvalue weighted by molar-refractivity contribution is 0.0437. The van der Waals surface area contributed by atoms with Crippen molar-refractivity contribution < 1.29 is 13.9 Å². The molecule has 25 heavy (non-hydrogen) atoms. The number of ether oxygens (including phenoxy) is 1. The summed E-state index contributed by atoms with van der Waals surface area (Å²) in [6.07, 6.45) is 2.83. The van der Waals surface area contributed by atoms with Crippen LogP contribution in [0, 0.1) is 12.8 Å². The average Bonchev–Trinajstić information content (AvgIpc) is 3.03. The maximum atomic E-state index is 12.9. The van der Waals surface area contributed by atoms with Gasteiger partial charge in [-0.15, -0.1) is 10.2 Å². The third-order valence-corrected chi connectivity index (χ3v) is 4.60. The molecule has 1 aliphatic rings. The van der Waals surface area contributed by atoms with Gasteiger partial charge >= 0.3 is 5.97 Å². The predicted molar refractivity (Wildman–Crippen MR) is 91.1 cm³/mol. The van der Waals surface area contributed by atoms with Crippen LogP contribution in [0.4, 0.5) is 0 Å². The number of aromatic nitrogens is 3. The van der Waals surface area contributed by atoms with Gasteiger partial charge in [0, 0.05) is 18.0 Å². The number of hydrogen-bond donors (Lipinski definition) is 0. The number of pyridine rings is 1. The van der Waals surface area contributed by atoms with Crippen LogP contribution in [-0.2, 0) is 24.2 Å². The second-order valence-electron chi connectivity index (χ2n) is 6.57. The summed E-state index contributed by atoms with van der Waals surface area (Å²) < 4.78 is 10.7. The van der Waals surface area contributed by atoms with Crippen molar-refractivity contribution >= 4 is 16.9 Å². The zero-order valence-electron chi connectivity index (χ0n) is 14.3. The van der Waals surface area contributed by atoms with E-state index in [4.69, 9.17) is 14.1 Å². The summed E-state index contributed by atoms with van der Waals surface area (Å²) in [5.74, 6) is 0.915. The van der Waals surface area contributed by atoms with Crippen LogP contribution in [0.2, 0.25) is 0 Å². The molecule has 0 saturated heterocycles. The topological polar surface area (TPSA) is 78.1 Å². The molecule has 2 heterocycles. The van der Waals surface area contributed by atoms with Crippen molar-refractivity contribution in [1.82, 2.24) is 15.2 Å². The molecule has 6 nitrogen and oxygen atoms in total. The Morgan fingerprint density at radius 1 is 1.32 bits per heavy atom. The van der Waals surface area contributed by atoms with Crippen LogP contribution in [0.15, 0.2) is 28.7 Å². The van der Waals surface area contributed by atoms with Crippen molar-refractivity contribution in [2.75, 3.05) is 0 Å². The van der Waals surface area contributed by atoms with Crippen molar-refractivity contribution in [1.29, 1.82) is 0 Å². The van der Waals surface area contributed by atoms with E-state index in [1.54, 1.807) is 6.92 Å². The Morgan fingerprint density at radius 2 is 2.16 bits per heavy atom. The van der Waals surface area contributed by atoms with E-state index in [0.717, 1.165) is 41.4 Å². The molecule has 4 rings (SSSR count). The highest BCUT2D eigenvalue weighted by atomic mass is 16.5. The van der Waals surface area contributed by atoms with Crippen LogP contribution in [0.1, 0.15) is 46.7 Å². The Hall–Kier alpha value is -2.76. The fourth-order valence-corrected chi connectivity index (χ4v) is 3.39. The lowest BCUT2D eigenvalue weighted by Crippen LogP contribution is -2.19. The van der Waals surface area contributed by atoms with E-state index in [2.05, 4.69) is 17.1 Å². The predicted octanol–water partition coefficient (Wildman–Crippen LogP) is 3.41. The number of nitrogens with zero attached hydrogens (tertiary/aromatic N) is 3. The summed E-state index contributed by atoms with van der Waals surface area (Å²) in [6, 6.07) is 7.71. The first-order valence-corrected chi connectivity index (χ1v) is 8.48. The highest BCUT2D eigenvalue weighted by Gasteiger charge is 2.26. The fourth-order valence-electron chi connectivity index (χ4n) is 3.39. The minimum absolute atomic E-state index is 0.0271. The van der Waals surface area contributed by atoms with E-state index < -0.39 is 0 Å². The average molecular weight is 337 g/mol. The quantitative estimate of drug-likeness (QED) is 0.682. The standard InChI is InChI=1S/C19H19N3O3/c1-11-7-8-16-14(9-11)18(13-5-3-4-6-15(13)20-16)19(23)24-10-17-22-21-12(2)25-17/h3-6,11H,7-10H2,1-2H3/t11-/m0/s1. The number of benzene rings is 1. The van der Waals surface area contributed by atoms with E-state index in [0.29, 0.717) is 23.3 Å². The van der Waals surface area contributed by atoms with E-state index in [-0.39, 0.29) is 12.6 Å². The van der Waals surface area contributed by atoms with Crippen LogP contribution >= 0.6 is 0 Å². The number of esters is 1. The molecule has 0 bridgehead atoms. The first kappa shape index (κ1) is 15.7. The van der Waals surface area contributed by atoms with Gasteiger partial charge in [0.25, 0.3) is 5.89 Å². The van der Waals surface area contributed by atoms with Crippen LogP contribution < -0.4 is 0 Å². The molecule has 0 spiro atoms. The molecule has 6 heteroatoms. The van der Waals surface area contributed by atoms with Gasteiger partial charge in [-0.2, -0.15) is 0 Å². The molecule has 1 aromatic carbocycles. The lowest BCUT2D eigenvalue weighted by atomic mass is 9.84. The maximum absolute atomic E-state index is 12.9. The summed E-state index contributed by atoms with van der Waals surface area (Å²) in [6.45, 7) is 3.88. The van der Waals surface area contributed by atoms with E-state index in [1.807, 2.05) is 24.3 Å². The zero-order valence-corrected chi connectivity index (χ0v) is 14.3. The van der Waals surface area contributed by atoms with Crippen molar-refractivity contribution in [2.45, 2.75) is 39.7 Å². The van der Waals surface area contributed by atoms with Gasteiger partial charge in [-0.05, 0) is 36.8 Å². The Labute approximate surface area is 145 Å². The Kier molecular flexibility index (Phi) is 3.95. The van der Waals surface area contributed by atoms with Crippen LogP contribution in [0.5, 0.6) is 0 Å². The van der Waals surface area contributed by atoms with Gasteiger partial charge < -0.3 is 9.15 Å². The molecular weight excluding hydrogens is 318 g/mol. The molecule has 3 aromatic rings. The molecule has 1 aliphatic carbocycles. The summed E-state index contributed by atoms with van der Waals surface area (Å²) >= 11 is 0. The number of fused-ring (bicyclic) bond motifs is 2. The van der Waals surface area contributed by atoms with Gasteiger partial charge in [-0.1, -0.05) is 25.1 Å². The van der Waals surface area contributed by atoms with Crippen LogP contribution in [-0.4, -0.2) is 21.2 Å². The fraction of sp³-hybridized carbons (Fsp3) is 0.368. The molecule has 0 radical (unpaired) electrons. The summed E-state index contributed by atoms with van der Waals surface area (Å²) in [5.41, 5.74) is 3.49. The second kappa shape index (κ2) is 6.27. The smallest absolute Gasteiger partial charge is 0.339 e. The summed E-state index contributed by atoms with van der Waals surface area (Å²) in [7, 11) is 0. The second-order valence-corrected chi connectivity index (χ2v) is 6.57. The van der Waals surface area contributed by atoms with Crippen molar-refractivity contribution in [3.63, 3.8) is 0 Å². The minimum Gasteiger partial charge on any atom is -0.452 e. The molecular formula is C19H19N3O3. The van der Waals surface area contributed by atoms with Gasteiger partial charge in [0.1, 0.15) is 0 Å². The largest absolute Gasteiger partial charge is 0.452 e. The highest BCUT2D eigenvalue weighted by Crippen LogP contribution is 2.32. The first-order valence-electron chi connectivity index (χ1n) is 8.48.